The zero-order valence-electron chi connectivity index (χ0n) is 15.8. The first-order chi connectivity index (χ1) is 14.9. The van der Waals surface area contributed by atoms with Crippen molar-refractivity contribution in [1.29, 1.82) is 0 Å². The Hall–Kier alpha value is -3.75. The van der Waals surface area contributed by atoms with Crippen LogP contribution in [-0.2, 0) is 0 Å². The number of hydrogen-bond acceptors (Lipinski definition) is 5. The molecule has 0 radical (unpaired) electrons. The Bertz CT molecular complexity index is 1320. The number of benzene rings is 3. The summed E-state index contributed by atoms with van der Waals surface area (Å²) in [6.45, 7) is 0. The maximum absolute atomic E-state index is 12.8. The molecule has 31 heavy (non-hydrogen) atoms. The number of nitrogens with zero attached hydrogens (tertiary/aromatic N) is 1. The lowest BCUT2D eigenvalue weighted by Gasteiger charge is -2.08. The molecule has 4 rings (SSSR count). The van der Waals surface area contributed by atoms with E-state index in [1.54, 1.807) is 54.6 Å². The molecule has 0 fully saturated rings. The number of nitro groups is 1. The summed E-state index contributed by atoms with van der Waals surface area (Å²) in [6, 6.07) is 20.0. The van der Waals surface area contributed by atoms with E-state index in [9.17, 15) is 19.7 Å². The Morgan fingerprint density at radius 2 is 1.52 bits per heavy atom. The van der Waals surface area contributed by atoms with Gasteiger partial charge in [0.15, 0.2) is 0 Å². The van der Waals surface area contributed by atoms with Crippen LogP contribution in [0.5, 0.6) is 0 Å². The van der Waals surface area contributed by atoms with Gasteiger partial charge >= 0.3 is 0 Å². The highest BCUT2D eigenvalue weighted by atomic mass is 35.5. The molecule has 2 N–H and O–H groups in total. The lowest BCUT2D eigenvalue weighted by molar-refractivity contribution is -0.382. The third kappa shape index (κ3) is 4.25. The van der Waals surface area contributed by atoms with Crippen molar-refractivity contribution in [1.82, 2.24) is 0 Å². The van der Waals surface area contributed by atoms with Crippen LogP contribution in [0.15, 0.2) is 72.8 Å². The molecule has 0 bridgehead atoms. The van der Waals surface area contributed by atoms with Gasteiger partial charge in [0, 0.05) is 28.4 Å². The lowest BCUT2D eigenvalue weighted by atomic mass is 10.2. The van der Waals surface area contributed by atoms with E-state index in [1.807, 2.05) is 6.07 Å². The maximum atomic E-state index is 12.8. The Morgan fingerprint density at radius 3 is 2.19 bits per heavy atom. The SMILES string of the molecule is O=C(Nc1cccc(NC(=O)c2sc3c([N+](=O)[O-])cccc3c2Cl)c1)c1ccccc1. The van der Waals surface area contributed by atoms with Crippen LogP contribution in [0, 0.1) is 10.1 Å². The lowest BCUT2D eigenvalue weighted by Crippen LogP contribution is -2.13. The molecule has 0 atom stereocenters. The Labute approximate surface area is 185 Å². The molecule has 154 valence electrons. The summed E-state index contributed by atoms with van der Waals surface area (Å²) in [7, 11) is 0. The van der Waals surface area contributed by atoms with E-state index in [-0.39, 0.29) is 21.5 Å². The molecule has 0 saturated carbocycles. The normalized spacial score (nSPS) is 10.6. The number of carbonyl (C=O) groups excluding carboxylic acids is 2. The summed E-state index contributed by atoms with van der Waals surface area (Å²) in [5.41, 5.74) is 1.35. The van der Waals surface area contributed by atoms with Gasteiger partial charge in [0.2, 0.25) is 0 Å². The van der Waals surface area contributed by atoms with Crippen molar-refractivity contribution in [2.24, 2.45) is 0 Å². The number of thiophene rings is 1. The standard InChI is InChI=1S/C22H14ClN3O4S/c23-18-16-10-5-11-17(26(29)30)19(16)31-20(18)22(28)25-15-9-4-8-14(12-15)24-21(27)13-6-2-1-3-7-13/h1-12H,(H,24,27)(H,25,28). The molecular formula is C22H14ClN3O4S. The van der Waals surface area contributed by atoms with Gasteiger partial charge in [-0.05, 0) is 30.3 Å². The molecule has 2 amide bonds. The van der Waals surface area contributed by atoms with E-state index in [0.717, 1.165) is 11.3 Å². The number of anilines is 2. The highest BCUT2D eigenvalue weighted by Gasteiger charge is 2.22. The fraction of sp³-hybridized carbons (Fsp3) is 0. The molecule has 1 aromatic heterocycles. The monoisotopic (exact) mass is 451 g/mol. The third-order valence-corrected chi connectivity index (χ3v) is 6.18. The smallest absolute Gasteiger partial charge is 0.287 e. The molecular weight excluding hydrogens is 438 g/mol. The van der Waals surface area contributed by atoms with Crippen LogP contribution in [0.2, 0.25) is 5.02 Å². The van der Waals surface area contributed by atoms with E-state index in [2.05, 4.69) is 10.6 Å². The molecule has 0 aliphatic heterocycles. The Balaban J connectivity index is 1.56. The van der Waals surface area contributed by atoms with Crippen molar-refractivity contribution in [3.63, 3.8) is 0 Å². The first-order valence-corrected chi connectivity index (χ1v) is 10.3. The summed E-state index contributed by atoms with van der Waals surface area (Å²) >= 11 is 7.30. The summed E-state index contributed by atoms with van der Waals surface area (Å²) in [4.78, 5) is 36.1. The molecule has 0 spiro atoms. The number of fused-ring (bicyclic) bond motifs is 1. The van der Waals surface area contributed by atoms with Gasteiger partial charge in [-0.3, -0.25) is 19.7 Å². The minimum Gasteiger partial charge on any atom is -0.322 e. The van der Waals surface area contributed by atoms with Crippen LogP contribution < -0.4 is 10.6 Å². The zero-order valence-corrected chi connectivity index (χ0v) is 17.4. The first-order valence-electron chi connectivity index (χ1n) is 9.07. The van der Waals surface area contributed by atoms with Gasteiger partial charge in [-0.25, -0.2) is 0 Å². The summed E-state index contributed by atoms with van der Waals surface area (Å²) < 4.78 is 0.339. The van der Waals surface area contributed by atoms with Gasteiger partial charge in [0.25, 0.3) is 17.5 Å². The number of nitrogens with one attached hydrogen (secondary N) is 2. The number of carbonyl (C=O) groups is 2. The number of halogens is 1. The predicted octanol–water partition coefficient (Wildman–Crippen LogP) is 5.97. The van der Waals surface area contributed by atoms with Gasteiger partial charge in [-0.1, -0.05) is 48.0 Å². The van der Waals surface area contributed by atoms with Crippen molar-refractivity contribution >= 4 is 61.9 Å². The van der Waals surface area contributed by atoms with Gasteiger partial charge in [0.05, 0.1) is 9.95 Å². The molecule has 7 nitrogen and oxygen atoms in total. The minimum atomic E-state index is -0.504. The molecule has 0 aliphatic carbocycles. The van der Waals surface area contributed by atoms with Crippen LogP contribution in [-0.4, -0.2) is 16.7 Å². The molecule has 0 aliphatic rings. The Morgan fingerprint density at radius 1 is 0.871 bits per heavy atom. The average Bonchev–Trinajstić information content (AvgIpc) is 3.11. The summed E-state index contributed by atoms with van der Waals surface area (Å²) in [5.74, 6) is -0.768. The van der Waals surface area contributed by atoms with Crippen molar-refractivity contribution < 1.29 is 14.5 Å². The molecule has 0 unspecified atom stereocenters. The van der Waals surface area contributed by atoms with Crippen molar-refractivity contribution in [3.05, 3.63) is 98.4 Å². The second kappa shape index (κ2) is 8.55. The van der Waals surface area contributed by atoms with Gasteiger partial charge < -0.3 is 10.6 Å². The quantitative estimate of drug-likeness (QED) is 0.288. The van der Waals surface area contributed by atoms with E-state index >= 15 is 0 Å². The fourth-order valence-electron chi connectivity index (χ4n) is 3.02. The predicted molar refractivity (Wildman–Crippen MR) is 122 cm³/mol. The second-order valence-corrected chi connectivity index (χ2v) is 7.91. The van der Waals surface area contributed by atoms with Crippen molar-refractivity contribution in [3.8, 4) is 0 Å². The largest absolute Gasteiger partial charge is 0.322 e. The summed E-state index contributed by atoms with van der Waals surface area (Å²) in [6.07, 6.45) is 0. The van der Waals surface area contributed by atoms with Gasteiger partial charge in [-0.2, -0.15) is 0 Å². The third-order valence-electron chi connectivity index (χ3n) is 4.45. The van der Waals surface area contributed by atoms with Crippen LogP contribution in [0.3, 0.4) is 0 Å². The van der Waals surface area contributed by atoms with Crippen molar-refractivity contribution in [2.75, 3.05) is 10.6 Å². The van der Waals surface area contributed by atoms with Gasteiger partial charge in [-0.15, -0.1) is 11.3 Å². The van der Waals surface area contributed by atoms with Crippen LogP contribution >= 0.6 is 22.9 Å². The Kier molecular flexibility index (Phi) is 5.66. The number of hydrogen-bond donors (Lipinski definition) is 2. The number of nitro benzene ring substituents is 1. The van der Waals surface area contributed by atoms with Crippen LogP contribution in [0.25, 0.3) is 10.1 Å². The number of amides is 2. The summed E-state index contributed by atoms with van der Waals surface area (Å²) in [5, 5.41) is 17.4. The number of rotatable bonds is 5. The average molecular weight is 452 g/mol. The van der Waals surface area contributed by atoms with Crippen LogP contribution in [0.4, 0.5) is 17.1 Å². The molecule has 9 heteroatoms. The van der Waals surface area contributed by atoms with E-state index in [0.29, 0.717) is 27.0 Å². The highest BCUT2D eigenvalue weighted by molar-refractivity contribution is 7.22. The van der Waals surface area contributed by atoms with E-state index in [4.69, 9.17) is 11.6 Å². The zero-order chi connectivity index (χ0) is 22.0. The van der Waals surface area contributed by atoms with E-state index in [1.165, 1.54) is 12.1 Å². The second-order valence-electron chi connectivity index (χ2n) is 6.51. The van der Waals surface area contributed by atoms with Crippen LogP contribution in [0.1, 0.15) is 20.0 Å². The fourth-order valence-corrected chi connectivity index (χ4v) is 4.51. The van der Waals surface area contributed by atoms with E-state index < -0.39 is 10.8 Å². The minimum absolute atomic E-state index is 0.103. The molecule has 1 heterocycles. The van der Waals surface area contributed by atoms with Gasteiger partial charge in [0.1, 0.15) is 9.58 Å². The maximum Gasteiger partial charge on any atom is 0.287 e. The van der Waals surface area contributed by atoms with Crippen molar-refractivity contribution in [2.45, 2.75) is 0 Å². The topological polar surface area (TPSA) is 101 Å². The molecule has 0 saturated heterocycles. The molecule has 3 aromatic carbocycles. The first kappa shape index (κ1) is 20.5. The number of non-ortho nitro benzene ring substituents is 1. The molecule has 4 aromatic rings. The highest BCUT2D eigenvalue weighted by Crippen LogP contribution is 2.40.